The Morgan fingerprint density at radius 1 is 1.41 bits per heavy atom. The Morgan fingerprint density at radius 2 is 2.23 bits per heavy atom. The van der Waals surface area contributed by atoms with Gasteiger partial charge in [-0.1, -0.05) is 6.07 Å². The van der Waals surface area contributed by atoms with Gasteiger partial charge in [-0.15, -0.1) is 0 Å². The van der Waals surface area contributed by atoms with E-state index in [0.717, 1.165) is 42.0 Å². The first-order chi connectivity index (χ1) is 10.6. The lowest BCUT2D eigenvalue weighted by Gasteiger charge is -2.25. The molecule has 1 saturated heterocycles. The van der Waals surface area contributed by atoms with Crippen molar-refractivity contribution in [3.05, 3.63) is 41.5 Å². The zero-order chi connectivity index (χ0) is 15.7. The van der Waals surface area contributed by atoms with E-state index in [1.165, 1.54) is 0 Å². The summed E-state index contributed by atoms with van der Waals surface area (Å²) in [4.78, 5) is 18.7. The Hall–Kier alpha value is -2.37. The van der Waals surface area contributed by atoms with Crippen LogP contribution in [0.15, 0.2) is 24.5 Å². The molecule has 0 aliphatic carbocycles. The van der Waals surface area contributed by atoms with Gasteiger partial charge >= 0.3 is 6.03 Å². The van der Waals surface area contributed by atoms with Crippen LogP contribution in [-0.4, -0.2) is 32.2 Å². The van der Waals surface area contributed by atoms with E-state index in [1.807, 2.05) is 44.1 Å². The van der Waals surface area contributed by atoms with E-state index in [-0.39, 0.29) is 12.1 Å². The first-order valence-electron chi connectivity index (χ1n) is 7.55. The first kappa shape index (κ1) is 14.6. The molecule has 6 nitrogen and oxygen atoms in total. The lowest BCUT2D eigenvalue weighted by molar-refractivity contribution is 0.207. The molecule has 1 fully saturated rings. The first-order valence-corrected chi connectivity index (χ1v) is 7.55. The van der Waals surface area contributed by atoms with Crippen molar-refractivity contribution in [2.24, 2.45) is 7.05 Å². The smallest absolute Gasteiger partial charge is 0.317 e. The Kier molecular flexibility index (Phi) is 3.83. The molecule has 0 spiro atoms. The summed E-state index contributed by atoms with van der Waals surface area (Å²) in [6, 6.07) is 3.99. The molecule has 1 aliphatic heterocycles. The SMILES string of the molecule is Cc1nn(C)c(C)c1NC(=O)N1CCCC1c1cccnc1. The minimum Gasteiger partial charge on any atom is -0.317 e. The average molecular weight is 299 g/mol. The number of hydrogen-bond acceptors (Lipinski definition) is 3. The van der Waals surface area contributed by atoms with Crippen LogP contribution in [0.3, 0.4) is 0 Å². The molecule has 22 heavy (non-hydrogen) atoms. The van der Waals surface area contributed by atoms with Crippen LogP contribution in [0.4, 0.5) is 10.5 Å². The van der Waals surface area contributed by atoms with Crippen LogP contribution in [0.1, 0.15) is 35.8 Å². The lowest BCUT2D eigenvalue weighted by Crippen LogP contribution is -2.34. The minimum absolute atomic E-state index is 0.0643. The summed E-state index contributed by atoms with van der Waals surface area (Å²) < 4.78 is 1.79. The Bertz CT molecular complexity index is 679. The third-order valence-corrected chi connectivity index (χ3v) is 4.32. The maximum absolute atomic E-state index is 12.7. The summed E-state index contributed by atoms with van der Waals surface area (Å²) in [7, 11) is 1.88. The van der Waals surface area contributed by atoms with Crippen molar-refractivity contribution < 1.29 is 4.79 Å². The maximum atomic E-state index is 12.7. The second kappa shape index (κ2) is 5.79. The Balaban J connectivity index is 1.79. The van der Waals surface area contributed by atoms with Crippen LogP contribution in [0, 0.1) is 13.8 Å². The summed E-state index contributed by atoms with van der Waals surface area (Å²) in [6.07, 6.45) is 5.59. The molecule has 1 aliphatic rings. The van der Waals surface area contributed by atoms with Gasteiger partial charge in [0.05, 0.1) is 23.1 Å². The third kappa shape index (κ3) is 2.56. The second-order valence-corrected chi connectivity index (χ2v) is 5.74. The fraction of sp³-hybridized carbons (Fsp3) is 0.438. The minimum atomic E-state index is -0.0643. The normalized spacial score (nSPS) is 17.8. The van der Waals surface area contributed by atoms with Crippen molar-refractivity contribution in [2.45, 2.75) is 32.7 Å². The van der Waals surface area contributed by atoms with E-state index in [1.54, 1.807) is 10.9 Å². The van der Waals surface area contributed by atoms with Crippen molar-refractivity contribution in [3.63, 3.8) is 0 Å². The van der Waals surface area contributed by atoms with Gasteiger partial charge in [0.15, 0.2) is 0 Å². The number of anilines is 1. The number of hydrogen-bond donors (Lipinski definition) is 1. The van der Waals surface area contributed by atoms with E-state index >= 15 is 0 Å². The standard InChI is InChI=1S/C16H21N5O/c1-11-15(12(2)20(3)19-11)18-16(22)21-9-5-7-14(21)13-6-4-8-17-10-13/h4,6,8,10,14H,5,7,9H2,1-3H3,(H,18,22). The fourth-order valence-corrected chi connectivity index (χ4v) is 3.06. The molecule has 3 rings (SSSR count). The molecule has 1 atom stereocenters. The molecule has 2 aromatic rings. The monoisotopic (exact) mass is 299 g/mol. The number of urea groups is 1. The molecule has 116 valence electrons. The maximum Gasteiger partial charge on any atom is 0.322 e. The fourth-order valence-electron chi connectivity index (χ4n) is 3.06. The number of carbonyl (C=O) groups excluding carboxylic acids is 1. The van der Waals surface area contributed by atoms with Crippen LogP contribution >= 0.6 is 0 Å². The molecule has 6 heteroatoms. The van der Waals surface area contributed by atoms with Crippen molar-refractivity contribution in [1.82, 2.24) is 19.7 Å². The Morgan fingerprint density at radius 3 is 2.86 bits per heavy atom. The van der Waals surface area contributed by atoms with Gasteiger partial charge < -0.3 is 10.2 Å². The zero-order valence-corrected chi connectivity index (χ0v) is 13.2. The van der Waals surface area contributed by atoms with Crippen LogP contribution in [0.25, 0.3) is 0 Å². The van der Waals surface area contributed by atoms with E-state index in [4.69, 9.17) is 0 Å². The lowest BCUT2D eigenvalue weighted by atomic mass is 10.1. The topological polar surface area (TPSA) is 63.1 Å². The Labute approximate surface area is 130 Å². The van der Waals surface area contributed by atoms with Crippen LogP contribution in [0.5, 0.6) is 0 Å². The van der Waals surface area contributed by atoms with E-state index < -0.39 is 0 Å². The number of likely N-dealkylation sites (tertiary alicyclic amines) is 1. The molecular formula is C16H21N5O. The van der Waals surface area contributed by atoms with E-state index in [2.05, 4.69) is 15.4 Å². The van der Waals surface area contributed by atoms with Crippen molar-refractivity contribution >= 4 is 11.7 Å². The van der Waals surface area contributed by atoms with Gasteiger partial charge in [0.2, 0.25) is 0 Å². The van der Waals surface area contributed by atoms with Gasteiger partial charge in [-0.25, -0.2) is 4.79 Å². The summed E-state index contributed by atoms with van der Waals surface area (Å²) in [5.41, 5.74) is 3.70. The van der Waals surface area contributed by atoms with Crippen molar-refractivity contribution in [3.8, 4) is 0 Å². The molecule has 0 saturated carbocycles. The highest BCUT2D eigenvalue weighted by Gasteiger charge is 2.30. The van der Waals surface area contributed by atoms with Gasteiger partial charge in [0.1, 0.15) is 0 Å². The molecule has 2 amide bonds. The van der Waals surface area contributed by atoms with E-state index in [0.29, 0.717) is 0 Å². The van der Waals surface area contributed by atoms with Crippen LogP contribution < -0.4 is 5.32 Å². The molecule has 1 unspecified atom stereocenters. The summed E-state index contributed by atoms with van der Waals surface area (Å²) >= 11 is 0. The summed E-state index contributed by atoms with van der Waals surface area (Å²) in [5.74, 6) is 0. The quantitative estimate of drug-likeness (QED) is 0.927. The van der Waals surface area contributed by atoms with Gasteiger partial charge in [-0.2, -0.15) is 5.10 Å². The summed E-state index contributed by atoms with van der Waals surface area (Å²) in [6.45, 7) is 4.63. The molecule has 0 radical (unpaired) electrons. The number of nitrogens with one attached hydrogen (secondary N) is 1. The second-order valence-electron chi connectivity index (χ2n) is 5.74. The molecule has 0 bridgehead atoms. The van der Waals surface area contributed by atoms with E-state index in [9.17, 15) is 4.79 Å². The highest BCUT2D eigenvalue weighted by atomic mass is 16.2. The number of amides is 2. The molecular weight excluding hydrogens is 278 g/mol. The van der Waals surface area contributed by atoms with Gasteiger partial charge in [0.25, 0.3) is 0 Å². The van der Waals surface area contributed by atoms with Crippen LogP contribution in [0.2, 0.25) is 0 Å². The van der Waals surface area contributed by atoms with Gasteiger partial charge in [0, 0.05) is 26.0 Å². The predicted octanol–water partition coefficient (Wildman–Crippen LogP) is 2.80. The molecule has 0 aromatic carbocycles. The highest BCUT2D eigenvalue weighted by Crippen LogP contribution is 2.32. The predicted molar refractivity (Wildman–Crippen MR) is 84.6 cm³/mol. The number of nitrogens with zero attached hydrogens (tertiary/aromatic N) is 4. The number of carbonyl (C=O) groups is 1. The van der Waals surface area contributed by atoms with Gasteiger partial charge in [-0.3, -0.25) is 9.67 Å². The number of rotatable bonds is 2. The molecule has 2 aromatic heterocycles. The number of pyridine rings is 1. The average Bonchev–Trinajstić information content (AvgIpc) is 3.09. The summed E-state index contributed by atoms with van der Waals surface area (Å²) in [5, 5.41) is 7.37. The number of aryl methyl sites for hydroxylation is 2. The largest absolute Gasteiger partial charge is 0.322 e. The van der Waals surface area contributed by atoms with Gasteiger partial charge in [-0.05, 0) is 38.3 Å². The third-order valence-electron chi connectivity index (χ3n) is 4.32. The molecule has 1 N–H and O–H groups in total. The highest BCUT2D eigenvalue weighted by molar-refractivity contribution is 5.91. The molecule has 3 heterocycles. The zero-order valence-electron chi connectivity index (χ0n) is 13.2. The van der Waals surface area contributed by atoms with Crippen LogP contribution in [-0.2, 0) is 7.05 Å². The van der Waals surface area contributed by atoms with Crippen molar-refractivity contribution in [1.29, 1.82) is 0 Å². The number of aromatic nitrogens is 3. The van der Waals surface area contributed by atoms with Crippen molar-refractivity contribution in [2.75, 3.05) is 11.9 Å².